The standard InChI is InChI=1S/C16H16N2O2S/c19-21(20,16-7-4-10-17-13-16)18-11-8-15(9-12-18)14-5-2-1-3-6-14/h1-8,10,13H,9,11-12H2. The molecule has 0 fully saturated rings. The van der Waals surface area contributed by atoms with Gasteiger partial charge >= 0.3 is 0 Å². The van der Waals surface area contributed by atoms with Crippen LogP contribution in [0.4, 0.5) is 0 Å². The fraction of sp³-hybridized carbons (Fsp3) is 0.188. The first-order valence-corrected chi connectivity index (χ1v) is 8.26. The molecule has 0 aliphatic carbocycles. The Bertz CT molecular complexity index is 740. The van der Waals surface area contributed by atoms with E-state index in [0.717, 1.165) is 12.0 Å². The molecule has 0 saturated heterocycles. The van der Waals surface area contributed by atoms with Gasteiger partial charge in [-0.25, -0.2) is 8.42 Å². The van der Waals surface area contributed by atoms with Crippen LogP contribution in [0.1, 0.15) is 12.0 Å². The number of sulfonamides is 1. The highest BCUT2D eigenvalue weighted by molar-refractivity contribution is 7.89. The molecule has 3 rings (SSSR count). The summed E-state index contributed by atoms with van der Waals surface area (Å²) in [5.41, 5.74) is 2.36. The van der Waals surface area contributed by atoms with Crippen molar-refractivity contribution in [3.63, 3.8) is 0 Å². The molecule has 4 nitrogen and oxygen atoms in total. The lowest BCUT2D eigenvalue weighted by Crippen LogP contribution is -2.34. The predicted octanol–water partition coefficient (Wildman–Crippen LogP) is 2.56. The van der Waals surface area contributed by atoms with E-state index in [1.807, 2.05) is 24.3 Å². The lowest BCUT2D eigenvalue weighted by Gasteiger charge is -2.25. The fourth-order valence-corrected chi connectivity index (χ4v) is 3.78. The number of hydrogen-bond donors (Lipinski definition) is 0. The van der Waals surface area contributed by atoms with Crippen LogP contribution in [-0.2, 0) is 10.0 Å². The second-order valence-corrected chi connectivity index (χ2v) is 6.84. The monoisotopic (exact) mass is 300 g/mol. The fourth-order valence-electron chi connectivity index (χ4n) is 2.43. The summed E-state index contributed by atoms with van der Waals surface area (Å²) in [6.07, 6.45) is 5.69. The summed E-state index contributed by atoms with van der Waals surface area (Å²) in [5, 5.41) is 0. The summed E-state index contributed by atoms with van der Waals surface area (Å²) in [5.74, 6) is 0. The van der Waals surface area contributed by atoms with Crippen LogP contribution in [0.15, 0.2) is 65.8 Å². The van der Waals surface area contributed by atoms with Gasteiger partial charge < -0.3 is 0 Å². The van der Waals surface area contributed by atoms with Gasteiger partial charge in [0.1, 0.15) is 4.90 Å². The minimum absolute atomic E-state index is 0.251. The normalized spacial score (nSPS) is 16.5. The first-order chi connectivity index (χ1) is 10.2. The van der Waals surface area contributed by atoms with Gasteiger partial charge in [-0.1, -0.05) is 36.4 Å². The molecule has 0 N–H and O–H groups in total. The van der Waals surface area contributed by atoms with Crippen molar-refractivity contribution in [1.29, 1.82) is 0 Å². The third-order valence-corrected chi connectivity index (χ3v) is 5.44. The molecule has 108 valence electrons. The summed E-state index contributed by atoms with van der Waals surface area (Å²) in [7, 11) is -3.44. The number of pyridine rings is 1. The van der Waals surface area contributed by atoms with Crippen LogP contribution in [-0.4, -0.2) is 30.8 Å². The van der Waals surface area contributed by atoms with Gasteiger partial charge in [0.2, 0.25) is 10.0 Å². The van der Waals surface area contributed by atoms with Gasteiger partial charge in [-0.05, 0) is 29.7 Å². The minimum atomic E-state index is -3.44. The van der Waals surface area contributed by atoms with E-state index in [4.69, 9.17) is 0 Å². The average Bonchev–Trinajstić information content (AvgIpc) is 2.57. The van der Waals surface area contributed by atoms with Gasteiger partial charge in [-0.2, -0.15) is 4.31 Å². The first-order valence-electron chi connectivity index (χ1n) is 6.82. The lowest BCUT2D eigenvalue weighted by molar-refractivity contribution is 0.441. The van der Waals surface area contributed by atoms with E-state index >= 15 is 0 Å². The molecule has 1 aromatic heterocycles. The largest absolute Gasteiger partial charge is 0.263 e. The zero-order valence-electron chi connectivity index (χ0n) is 11.5. The van der Waals surface area contributed by atoms with Gasteiger partial charge in [0, 0.05) is 25.5 Å². The van der Waals surface area contributed by atoms with Crippen molar-refractivity contribution >= 4 is 15.6 Å². The molecule has 1 aliphatic rings. The molecule has 0 atom stereocenters. The van der Waals surface area contributed by atoms with Gasteiger partial charge in [-0.3, -0.25) is 4.98 Å². The van der Waals surface area contributed by atoms with Crippen LogP contribution in [0.2, 0.25) is 0 Å². The second-order valence-electron chi connectivity index (χ2n) is 4.90. The Labute approximate surface area is 124 Å². The zero-order chi connectivity index (χ0) is 14.7. The van der Waals surface area contributed by atoms with Crippen molar-refractivity contribution in [3.05, 3.63) is 66.5 Å². The van der Waals surface area contributed by atoms with Gasteiger partial charge in [-0.15, -0.1) is 0 Å². The Kier molecular flexibility index (Phi) is 3.86. The highest BCUT2D eigenvalue weighted by Crippen LogP contribution is 2.25. The van der Waals surface area contributed by atoms with E-state index in [2.05, 4.69) is 17.1 Å². The van der Waals surface area contributed by atoms with Crippen LogP contribution in [0.25, 0.3) is 5.57 Å². The maximum atomic E-state index is 12.5. The number of nitrogens with zero attached hydrogens (tertiary/aromatic N) is 2. The van der Waals surface area contributed by atoms with Crippen molar-refractivity contribution in [2.24, 2.45) is 0 Å². The Hall–Kier alpha value is -1.98. The van der Waals surface area contributed by atoms with E-state index in [0.29, 0.717) is 13.1 Å². The van der Waals surface area contributed by atoms with Crippen LogP contribution < -0.4 is 0 Å². The number of rotatable bonds is 3. The molecule has 0 radical (unpaired) electrons. The zero-order valence-corrected chi connectivity index (χ0v) is 12.3. The summed E-state index contributed by atoms with van der Waals surface area (Å²) < 4.78 is 26.5. The lowest BCUT2D eigenvalue weighted by atomic mass is 10.0. The minimum Gasteiger partial charge on any atom is -0.263 e. The van der Waals surface area contributed by atoms with Gasteiger partial charge in [0.25, 0.3) is 0 Å². The molecule has 5 heteroatoms. The second kappa shape index (κ2) is 5.79. The molecule has 0 spiro atoms. The van der Waals surface area contributed by atoms with Crippen molar-refractivity contribution in [2.75, 3.05) is 13.1 Å². The molecule has 0 amide bonds. The predicted molar refractivity (Wildman–Crippen MR) is 82.0 cm³/mol. The average molecular weight is 300 g/mol. The topological polar surface area (TPSA) is 50.3 Å². The van der Waals surface area contributed by atoms with Crippen LogP contribution in [0.5, 0.6) is 0 Å². The maximum Gasteiger partial charge on any atom is 0.244 e. The quantitative estimate of drug-likeness (QED) is 0.875. The summed E-state index contributed by atoms with van der Waals surface area (Å²) in [6.45, 7) is 0.902. The van der Waals surface area contributed by atoms with Crippen molar-refractivity contribution in [3.8, 4) is 0 Å². The van der Waals surface area contributed by atoms with Gasteiger partial charge in [0.05, 0.1) is 0 Å². The first kappa shape index (κ1) is 14.0. The molecule has 2 aromatic rings. The smallest absolute Gasteiger partial charge is 0.244 e. The molecule has 21 heavy (non-hydrogen) atoms. The number of benzene rings is 1. The van der Waals surface area contributed by atoms with Crippen LogP contribution in [0, 0.1) is 0 Å². The molecule has 0 unspecified atom stereocenters. The van der Waals surface area contributed by atoms with E-state index in [1.54, 1.807) is 18.3 Å². The van der Waals surface area contributed by atoms with Crippen molar-refractivity contribution < 1.29 is 8.42 Å². The summed E-state index contributed by atoms with van der Waals surface area (Å²) in [4.78, 5) is 4.14. The van der Waals surface area contributed by atoms with Crippen LogP contribution >= 0.6 is 0 Å². The van der Waals surface area contributed by atoms with Crippen LogP contribution in [0.3, 0.4) is 0 Å². The highest BCUT2D eigenvalue weighted by atomic mass is 32.2. The Morgan fingerprint density at radius 3 is 2.48 bits per heavy atom. The molecule has 1 aliphatic heterocycles. The molecular formula is C16H16N2O2S. The molecule has 0 saturated carbocycles. The summed E-state index contributed by atoms with van der Waals surface area (Å²) >= 11 is 0. The Morgan fingerprint density at radius 1 is 1.05 bits per heavy atom. The third-order valence-electron chi connectivity index (χ3n) is 3.59. The number of aromatic nitrogens is 1. The van der Waals surface area contributed by atoms with Gasteiger partial charge in [0.15, 0.2) is 0 Å². The van der Waals surface area contributed by atoms with E-state index in [-0.39, 0.29) is 4.90 Å². The number of hydrogen-bond acceptors (Lipinski definition) is 3. The molecule has 2 heterocycles. The SMILES string of the molecule is O=S(=O)(c1cccnc1)N1CC=C(c2ccccc2)CC1. The van der Waals surface area contributed by atoms with Crippen molar-refractivity contribution in [2.45, 2.75) is 11.3 Å². The molecule has 0 bridgehead atoms. The van der Waals surface area contributed by atoms with E-state index in [1.165, 1.54) is 16.1 Å². The third kappa shape index (κ3) is 2.89. The molecule has 1 aromatic carbocycles. The summed E-state index contributed by atoms with van der Waals surface area (Å²) in [6, 6.07) is 13.3. The Balaban J connectivity index is 1.81. The Morgan fingerprint density at radius 2 is 1.86 bits per heavy atom. The van der Waals surface area contributed by atoms with E-state index < -0.39 is 10.0 Å². The molecular weight excluding hydrogens is 284 g/mol. The maximum absolute atomic E-state index is 12.5. The highest BCUT2D eigenvalue weighted by Gasteiger charge is 2.26. The van der Waals surface area contributed by atoms with Crippen molar-refractivity contribution in [1.82, 2.24) is 9.29 Å². The van der Waals surface area contributed by atoms with E-state index in [9.17, 15) is 8.42 Å².